The lowest BCUT2D eigenvalue weighted by molar-refractivity contribution is -0.151. The molecule has 0 spiro atoms. The molecule has 2 unspecified atom stereocenters. The lowest BCUT2D eigenvalue weighted by atomic mass is 9.95. The van der Waals surface area contributed by atoms with Gasteiger partial charge in [-0.3, -0.25) is 9.59 Å². The Labute approximate surface area is 160 Å². The van der Waals surface area contributed by atoms with Gasteiger partial charge in [0.15, 0.2) is 5.82 Å². The minimum atomic E-state index is -0.518. The number of fused-ring (bicyclic) bond motifs is 1. The molecule has 27 heavy (non-hydrogen) atoms. The first kappa shape index (κ1) is 17.8. The van der Waals surface area contributed by atoms with Crippen LogP contribution < -0.4 is 10.6 Å². The van der Waals surface area contributed by atoms with Gasteiger partial charge in [0.1, 0.15) is 17.5 Å². The maximum atomic E-state index is 12.7. The summed E-state index contributed by atoms with van der Waals surface area (Å²) in [5.41, 5.74) is 1.84. The minimum Gasteiger partial charge on any atom is -0.388 e. The Morgan fingerprint density at radius 2 is 2.22 bits per heavy atom. The van der Waals surface area contributed by atoms with Crippen molar-refractivity contribution in [2.75, 3.05) is 12.4 Å². The number of carbonyl (C=O) groups excluding carboxylic acids is 2. The maximum Gasteiger partial charge on any atom is 0.249 e. The Hall–Kier alpha value is -2.62. The van der Waals surface area contributed by atoms with Crippen molar-refractivity contribution >= 4 is 29.3 Å². The maximum absolute atomic E-state index is 12.7. The number of hydrogen-bond donors (Lipinski definition) is 3. The molecule has 2 aliphatic rings. The van der Waals surface area contributed by atoms with Gasteiger partial charge in [0.05, 0.1) is 6.42 Å². The van der Waals surface area contributed by atoms with E-state index in [1.807, 2.05) is 31.3 Å². The zero-order valence-corrected chi connectivity index (χ0v) is 16.1. The summed E-state index contributed by atoms with van der Waals surface area (Å²) in [7, 11) is 1.83. The number of tetrazole rings is 1. The Morgan fingerprint density at radius 1 is 1.41 bits per heavy atom. The van der Waals surface area contributed by atoms with Crippen LogP contribution in [0.5, 0.6) is 0 Å². The van der Waals surface area contributed by atoms with Crippen molar-refractivity contribution < 1.29 is 9.59 Å². The molecule has 4 rings (SSSR count). The van der Waals surface area contributed by atoms with Gasteiger partial charge in [-0.05, 0) is 42.0 Å². The molecule has 2 aromatic rings. The van der Waals surface area contributed by atoms with E-state index in [1.54, 1.807) is 16.7 Å². The number of nitrogens with zero attached hydrogens (tertiary/aromatic N) is 4. The highest BCUT2D eigenvalue weighted by Gasteiger charge is 2.63. The fourth-order valence-corrected chi connectivity index (χ4v) is 5.36. The Kier molecular flexibility index (Phi) is 4.29. The highest BCUT2D eigenvalue weighted by Crippen LogP contribution is 2.56. The normalized spacial score (nSPS) is 25.7. The molecule has 0 saturated carbocycles. The molecule has 142 valence electrons. The van der Waals surface area contributed by atoms with Crippen LogP contribution in [0.3, 0.4) is 0 Å². The van der Waals surface area contributed by atoms with Gasteiger partial charge in [-0.2, -0.15) is 0 Å². The zero-order chi connectivity index (χ0) is 19.2. The first-order chi connectivity index (χ1) is 12.9. The molecule has 9 nitrogen and oxygen atoms in total. The van der Waals surface area contributed by atoms with Gasteiger partial charge in [0.25, 0.3) is 0 Å². The summed E-state index contributed by atoms with van der Waals surface area (Å²) in [5.74, 6) is 0.304. The van der Waals surface area contributed by atoms with Crippen LogP contribution in [-0.4, -0.2) is 60.5 Å². The number of β-lactam (4-membered cyclic amide) rings is 1. The summed E-state index contributed by atoms with van der Waals surface area (Å²) in [6, 6.07) is 6.90. The van der Waals surface area contributed by atoms with Gasteiger partial charge < -0.3 is 15.5 Å². The smallest absolute Gasteiger partial charge is 0.249 e. The average molecular weight is 387 g/mol. The van der Waals surface area contributed by atoms with Gasteiger partial charge in [0, 0.05) is 17.5 Å². The standard InChI is InChI=1S/C17H21N7O2S/c1-17(2)13(14-20-22-23-21-14)24-15(26)12(16(24)27-17)19-11(25)8-9-5-4-6-10(7-9)18-3/h4-7,12-13,16,18H,8H2,1-3H3,(H,19,25)(H,20,21,22,23)/t12?,13?,16-/m1/s1. The number of H-pyrrole nitrogens is 1. The van der Waals surface area contributed by atoms with E-state index in [4.69, 9.17) is 0 Å². The second kappa shape index (κ2) is 6.52. The van der Waals surface area contributed by atoms with Crippen LogP contribution in [0.2, 0.25) is 0 Å². The van der Waals surface area contributed by atoms with E-state index in [-0.39, 0.29) is 34.4 Å². The molecule has 3 heterocycles. The van der Waals surface area contributed by atoms with Crippen molar-refractivity contribution in [1.82, 2.24) is 30.8 Å². The van der Waals surface area contributed by atoms with Crippen molar-refractivity contribution in [1.29, 1.82) is 0 Å². The summed E-state index contributed by atoms with van der Waals surface area (Å²) in [5, 5.41) is 19.8. The van der Waals surface area contributed by atoms with Gasteiger partial charge in [-0.15, -0.1) is 16.9 Å². The molecule has 0 radical (unpaired) electrons. The number of aromatic nitrogens is 4. The van der Waals surface area contributed by atoms with E-state index in [0.29, 0.717) is 5.82 Å². The molecular weight excluding hydrogens is 366 g/mol. The van der Waals surface area contributed by atoms with Crippen LogP contribution in [0.4, 0.5) is 5.69 Å². The molecule has 1 aromatic carbocycles. The molecule has 3 atom stereocenters. The number of carbonyl (C=O) groups is 2. The predicted octanol–water partition coefficient (Wildman–Crippen LogP) is 0.704. The van der Waals surface area contributed by atoms with Crippen molar-refractivity contribution in [3.8, 4) is 0 Å². The van der Waals surface area contributed by atoms with Crippen molar-refractivity contribution in [3.05, 3.63) is 35.7 Å². The van der Waals surface area contributed by atoms with Gasteiger partial charge in [-0.1, -0.05) is 12.1 Å². The first-order valence-corrected chi connectivity index (χ1v) is 9.58. The molecular formula is C17H21N7O2S. The van der Waals surface area contributed by atoms with E-state index in [1.165, 1.54) is 0 Å². The summed E-state index contributed by atoms with van der Waals surface area (Å²) in [6.45, 7) is 4.11. The average Bonchev–Trinajstić information content (AvgIpc) is 3.24. The lowest BCUT2D eigenvalue weighted by Gasteiger charge is -2.44. The summed E-state index contributed by atoms with van der Waals surface area (Å²) < 4.78 is -0.262. The van der Waals surface area contributed by atoms with Gasteiger partial charge in [0.2, 0.25) is 11.8 Å². The largest absolute Gasteiger partial charge is 0.388 e. The number of rotatable bonds is 5. The topological polar surface area (TPSA) is 116 Å². The Morgan fingerprint density at radius 3 is 2.93 bits per heavy atom. The number of aromatic amines is 1. The van der Waals surface area contributed by atoms with Crippen molar-refractivity contribution in [2.24, 2.45) is 0 Å². The predicted molar refractivity (Wildman–Crippen MR) is 101 cm³/mol. The molecule has 10 heteroatoms. The molecule has 2 amide bonds. The SMILES string of the molecule is CNc1cccc(CC(=O)NC2C(=O)N3C(c4nnn[nH]4)C(C)(C)S[C@H]23)c1. The number of anilines is 1. The molecule has 2 saturated heterocycles. The van der Waals surface area contributed by atoms with E-state index >= 15 is 0 Å². The summed E-state index contributed by atoms with van der Waals surface area (Å²) >= 11 is 1.65. The molecule has 1 aromatic heterocycles. The second-order valence-electron chi connectivity index (χ2n) is 7.22. The summed E-state index contributed by atoms with van der Waals surface area (Å²) in [4.78, 5) is 27.0. The fraction of sp³-hybridized carbons (Fsp3) is 0.471. The molecule has 0 bridgehead atoms. The lowest BCUT2D eigenvalue weighted by Crippen LogP contribution is -2.68. The number of benzene rings is 1. The zero-order valence-electron chi connectivity index (χ0n) is 15.3. The number of amides is 2. The Balaban J connectivity index is 1.44. The van der Waals surface area contributed by atoms with Crippen LogP contribution in [-0.2, 0) is 16.0 Å². The Bertz CT molecular complexity index is 870. The van der Waals surface area contributed by atoms with Gasteiger partial charge >= 0.3 is 0 Å². The van der Waals surface area contributed by atoms with Crippen LogP contribution in [0.25, 0.3) is 0 Å². The second-order valence-corrected chi connectivity index (χ2v) is 8.99. The molecule has 2 aliphatic heterocycles. The minimum absolute atomic E-state index is 0.100. The van der Waals surface area contributed by atoms with Crippen molar-refractivity contribution in [2.45, 2.75) is 42.5 Å². The van der Waals surface area contributed by atoms with E-state index in [9.17, 15) is 9.59 Å². The highest BCUT2D eigenvalue weighted by atomic mass is 32.2. The summed E-state index contributed by atoms with van der Waals surface area (Å²) in [6.07, 6.45) is 0.232. The van der Waals surface area contributed by atoms with Crippen LogP contribution >= 0.6 is 11.8 Å². The van der Waals surface area contributed by atoms with E-state index in [2.05, 4.69) is 45.1 Å². The van der Waals surface area contributed by atoms with Crippen molar-refractivity contribution in [3.63, 3.8) is 0 Å². The van der Waals surface area contributed by atoms with Gasteiger partial charge in [-0.25, -0.2) is 5.10 Å². The molecule has 2 fully saturated rings. The third kappa shape index (κ3) is 3.03. The number of thioether (sulfide) groups is 1. The third-order valence-corrected chi connectivity index (χ3v) is 6.53. The first-order valence-electron chi connectivity index (χ1n) is 8.70. The highest BCUT2D eigenvalue weighted by molar-refractivity contribution is 8.01. The molecule has 3 N–H and O–H groups in total. The van der Waals surface area contributed by atoms with E-state index in [0.717, 1.165) is 11.3 Å². The number of hydrogen-bond acceptors (Lipinski definition) is 7. The molecule has 0 aliphatic carbocycles. The monoisotopic (exact) mass is 387 g/mol. The fourth-order valence-electron chi connectivity index (χ4n) is 3.72. The third-order valence-electron chi connectivity index (χ3n) is 4.96. The van der Waals surface area contributed by atoms with Crippen LogP contribution in [0, 0.1) is 0 Å². The van der Waals surface area contributed by atoms with Crippen LogP contribution in [0.15, 0.2) is 24.3 Å². The number of nitrogens with one attached hydrogen (secondary N) is 3. The van der Waals surface area contributed by atoms with Crippen LogP contribution in [0.1, 0.15) is 31.3 Å². The quantitative estimate of drug-likeness (QED) is 0.647. The van der Waals surface area contributed by atoms with E-state index < -0.39 is 6.04 Å².